The third-order valence-electron chi connectivity index (χ3n) is 4.70. The Bertz CT molecular complexity index is 872. The van der Waals surface area contributed by atoms with E-state index in [2.05, 4.69) is 10.3 Å². The van der Waals surface area contributed by atoms with Gasteiger partial charge in [0.05, 0.1) is 19.6 Å². The van der Waals surface area contributed by atoms with Crippen molar-refractivity contribution in [3.8, 4) is 5.75 Å². The van der Waals surface area contributed by atoms with E-state index in [1.807, 2.05) is 0 Å². The number of hydrogen-bond acceptors (Lipinski definition) is 7. The van der Waals surface area contributed by atoms with Gasteiger partial charge in [-0.2, -0.15) is 0 Å². The highest BCUT2D eigenvalue weighted by molar-refractivity contribution is 7.14. The number of methoxy groups -OCH3 is 1. The van der Waals surface area contributed by atoms with Crippen LogP contribution in [0.3, 0.4) is 0 Å². The number of ether oxygens (including phenoxy) is 2. The van der Waals surface area contributed by atoms with Gasteiger partial charge in [-0.1, -0.05) is 0 Å². The highest BCUT2D eigenvalue weighted by atomic mass is 32.1. The topological polar surface area (TPSA) is 97.8 Å². The summed E-state index contributed by atoms with van der Waals surface area (Å²) in [6, 6.07) is 6.71. The van der Waals surface area contributed by atoms with Crippen molar-refractivity contribution < 1.29 is 23.9 Å². The Morgan fingerprint density at radius 2 is 1.90 bits per heavy atom. The number of hydrogen-bond donors (Lipinski definition) is 1. The monoisotopic (exact) mass is 417 g/mol. The van der Waals surface area contributed by atoms with E-state index in [0.717, 1.165) is 0 Å². The number of piperidine rings is 1. The molecule has 1 aromatic carbocycles. The molecule has 2 heterocycles. The van der Waals surface area contributed by atoms with Crippen molar-refractivity contribution in [3.05, 3.63) is 40.9 Å². The van der Waals surface area contributed by atoms with E-state index < -0.39 is 0 Å². The largest absolute Gasteiger partial charge is 0.497 e. The second-order valence-electron chi connectivity index (χ2n) is 6.54. The molecule has 0 spiro atoms. The average Bonchev–Trinajstić information content (AvgIpc) is 3.22. The summed E-state index contributed by atoms with van der Waals surface area (Å²) in [5, 5.41) is 4.69. The summed E-state index contributed by atoms with van der Waals surface area (Å²) >= 11 is 1.20. The van der Waals surface area contributed by atoms with Gasteiger partial charge < -0.3 is 14.4 Å². The SMILES string of the molecule is CCOC(=O)C1CCN(C(=O)c2csc(NC(=O)c3ccc(OC)cc3)n2)CC1. The molecule has 2 amide bonds. The minimum Gasteiger partial charge on any atom is -0.497 e. The molecule has 0 unspecified atom stereocenters. The smallest absolute Gasteiger partial charge is 0.309 e. The molecular formula is C20H23N3O5S. The summed E-state index contributed by atoms with van der Waals surface area (Å²) < 4.78 is 10.1. The van der Waals surface area contributed by atoms with Gasteiger partial charge in [-0.05, 0) is 44.0 Å². The molecule has 8 nitrogen and oxygen atoms in total. The summed E-state index contributed by atoms with van der Waals surface area (Å²) in [4.78, 5) is 42.7. The molecule has 1 N–H and O–H groups in total. The standard InChI is InChI=1S/C20H23N3O5S/c1-3-28-19(26)14-8-10-23(11-9-14)18(25)16-12-29-20(21-16)22-17(24)13-4-6-15(27-2)7-5-13/h4-7,12,14H,3,8-11H2,1-2H3,(H,21,22,24). The summed E-state index contributed by atoms with van der Waals surface area (Å²) in [6.45, 7) is 3.10. The number of esters is 1. The molecule has 1 aromatic heterocycles. The average molecular weight is 417 g/mol. The molecule has 3 rings (SSSR count). The van der Waals surface area contributed by atoms with E-state index in [4.69, 9.17) is 9.47 Å². The number of likely N-dealkylation sites (tertiary alicyclic amines) is 1. The van der Waals surface area contributed by atoms with Gasteiger partial charge in [-0.15, -0.1) is 11.3 Å². The number of nitrogens with one attached hydrogen (secondary N) is 1. The van der Waals surface area contributed by atoms with Crippen molar-refractivity contribution in [1.82, 2.24) is 9.88 Å². The molecule has 0 aliphatic carbocycles. The third kappa shape index (κ3) is 5.11. The van der Waals surface area contributed by atoms with Crippen LogP contribution in [0.1, 0.15) is 40.6 Å². The van der Waals surface area contributed by atoms with Gasteiger partial charge in [0.25, 0.3) is 11.8 Å². The van der Waals surface area contributed by atoms with Crippen LogP contribution in [-0.4, -0.2) is 54.5 Å². The molecule has 1 fully saturated rings. The minimum atomic E-state index is -0.309. The molecule has 29 heavy (non-hydrogen) atoms. The Morgan fingerprint density at radius 1 is 1.21 bits per heavy atom. The number of nitrogens with zero attached hydrogens (tertiary/aromatic N) is 2. The first-order chi connectivity index (χ1) is 14.0. The second-order valence-corrected chi connectivity index (χ2v) is 7.40. The molecule has 2 aromatic rings. The number of carbonyl (C=O) groups is 3. The molecule has 1 aliphatic rings. The van der Waals surface area contributed by atoms with Crippen molar-refractivity contribution in [2.45, 2.75) is 19.8 Å². The van der Waals surface area contributed by atoms with E-state index in [0.29, 0.717) is 49.0 Å². The Labute approximate surface area is 172 Å². The number of amides is 2. The van der Waals surface area contributed by atoms with Crippen molar-refractivity contribution >= 4 is 34.3 Å². The first-order valence-corrected chi connectivity index (χ1v) is 10.3. The highest BCUT2D eigenvalue weighted by Gasteiger charge is 2.29. The normalized spacial score (nSPS) is 14.3. The lowest BCUT2D eigenvalue weighted by Gasteiger charge is -2.30. The number of aromatic nitrogens is 1. The zero-order valence-corrected chi connectivity index (χ0v) is 17.2. The van der Waals surface area contributed by atoms with Crippen LogP contribution in [-0.2, 0) is 9.53 Å². The van der Waals surface area contributed by atoms with Crippen molar-refractivity contribution in [2.75, 3.05) is 32.1 Å². The summed E-state index contributed by atoms with van der Waals surface area (Å²) in [5.74, 6) is -0.203. The van der Waals surface area contributed by atoms with Gasteiger partial charge in [0, 0.05) is 24.0 Å². The molecular weight excluding hydrogens is 394 g/mol. The van der Waals surface area contributed by atoms with Crippen molar-refractivity contribution in [3.63, 3.8) is 0 Å². The van der Waals surface area contributed by atoms with E-state index in [1.165, 1.54) is 11.3 Å². The van der Waals surface area contributed by atoms with Gasteiger partial charge in [-0.25, -0.2) is 4.98 Å². The Kier molecular flexibility index (Phi) is 6.82. The number of rotatable bonds is 6. The van der Waals surface area contributed by atoms with Gasteiger partial charge in [-0.3, -0.25) is 19.7 Å². The Balaban J connectivity index is 1.56. The number of benzene rings is 1. The molecule has 0 atom stereocenters. The lowest BCUT2D eigenvalue weighted by molar-refractivity contribution is -0.149. The molecule has 154 valence electrons. The van der Waals surface area contributed by atoms with E-state index in [1.54, 1.807) is 48.6 Å². The van der Waals surface area contributed by atoms with Crippen molar-refractivity contribution in [2.24, 2.45) is 5.92 Å². The zero-order chi connectivity index (χ0) is 20.8. The molecule has 9 heteroatoms. The highest BCUT2D eigenvalue weighted by Crippen LogP contribution is 2.23. The number of carbonyl (C=O) groups excluding carboxylic acids is 3. The first-order valence-electron chi connectivity index (χ1n) is 9.38. The fourth-order valence-electron chi connectivity index (χ4n) is 3.08. The zero-order valence-electron chi connectivity index (χ0n) is 16.3. The number of thiazole rings is 1. The summed E-state index contributed by atoms with van der Waals surface area (Å²) in [5.41, 5.74) is 0.754. The maximum atomic E-state index is 12.7. The summed E-state index contributed by atoms with van der Waals surface area (Å²) in [7, 11) is 1.56. The van der Waals surface area contributed by atoms with Crippen LogP contribution in [0.15, 0.2) is 29.6 Å². The van der Waals surface area contributed by atoms with Crippen LogP contribution in [0.5, 0.6) is 5.75 Å². The van der Waals surface area contributed by atoms with E-state index in [9.17, 15) is 14.4 Å². The van der Waals surface area contributed by atoms with Gasteiger partial charge >= 0.3 is 5.97 Å². The quantitative estimate of drug-likeness (QED) is 0.726. The van der Waals surface area contributed by atoms with Gasteiger partial charge in [0.2, 0.25) is 0 Å². The predicted molar refractivity (Wildman–Crippen MR) is 108 cm³/mol. The molecule has 0 radical (unpaired) electrons. The van der Waals surface area contributed by atoms with Gasteiger partial charge in [0.15, 0.2) is 5.13 Å². The van der Waals surface area contributed by atoms with Crippen LogP contribution in [0.4, 0.5) is 5.13 Å². The molecule has 0 saturated carbocycles. The van der Waals surface area contributed by atoms with Crippen LogP contribution in [0.25, 0.3) is 0 Å². The Morgan fingerprint density at radius 3 is 2.52 bits per heavy atom. The molecule has 1 aliphatic heterocycles. The fourth-order valence-corrected chi connectivity index (χ4v) is 3.76. The number of anilines is 1. The summed E-state index contributed by atoms with van der Waals surface area (Å²) in [6.07, 6.45) is 1.16. The van der Waals surface area contributed by atoms with Crippen LogP contribution >= 0.6 is 11.3 Å². The minimum absolute atomic E-state index is 0.159. The Hall–Kier alpha value is -2.94. The molecule has 0 bridgehead atoms. The first kappa shape index (κ1) is 20.8. The maximum absolute atomic E-state index is 12.7. The van der Waals surface area contributed by atoms with Crippen LogP contribution in [0, 0.1) is 5.92 Å². The third-order valence-corrected chi connectivity index (χ3v) is 5.46. The van der Waals surface area contributed by atoms with Crippen LogP contribution in [0.2, 0.25) is 0 Å². The van der Waals surface area contributed by atoms with Crippen LogP contribution < -0.4 is 10.1 Å². The predicted octanol–water partition coefficient (Wildman–Crippen LogP) is 2.82. The molecule has 1 saturated heterocycles. The lowest BCUT2D eigenvalue weighted by Crippen LogP contribution is -2.40. The second kappa shape index (κ2) is 9.51. The fraction of sp³-hybridized carbons (Fsp3) is 0.400. The van der Waals surface area contributed by atoms with E-state index in [-0.39, 0.29) is 29.4 Å². The lowest BCUT2D eigenvalue weighted by atomic mass is 9.97. The van der Waals surface area contributed by atoms with Gasteiger partial charge in [0.1, 0.15) is 11.4 Å². The van der Waals surface area contributed by atoms with Crippen molar-refractivity contribution in [1.29, 1.82) is 0 Å². The van der Waals surface area contributed by atoms with E-state index >= 15 is 0 Å². The maximum Gasteiger partial charge on any atom is 0.309 e.